The second kappa shape index (κ2) is 13.5. The van der Waals surface area contributed by atoms with Gasteiger partial charge in [0.05, 0.1) is 24.8 Å². The minimum Gasteiger partial charge on any atom is -0.497 e. The number of thiazole rings is 1. The summed E-state index contributed by atoms with van der Waals surface area (Å²) in [6.07, 6.45) is 8.10. The van der Waals surface area contributed by atoms with Crippen LogP contribution in [0.1, 0.15) is 72.0 Å². The highest BCUT2D eigenvalue weighted by molar-refractivity contribution is 7.99. The molecule has 0 aliphatic heterocycles. The highest BCUT2D eigenvalue weighted by atomic mass is 32.2. The Morgan fingerprint density at radius 3 is 2.56 bits per heavy atom. The molecule has 0 bridgehead atoms. The highest BCUT2D eigenvalue weighted by Crippen LogP contribution is 2.53. The van der Waals surface area contributed by atoms with Crippen LogP contribution < -0.4 is 4.74 Å². The average Bonchev–Trinajstić information content (AvgIpc) is 3.58. The minimum absolute atomic E-state index is 0.0797. The van der Waals surface area contributed by atoms with Crippen molar-refractivity contribution in [1.82, 2.24) is 4.98 Å². The molecule has 5 nitrogen and oxygen atoms in total. The molecule has 1 aliphatic carbocycles. The van der Waals surface area contributed by atoms with Gasteiger partial charge in [0.2, 0.25) is 0 Å². The lowest BCUT2D eigenvalue weighted by atomic mass is 9.90. The van der Waals surface area contributed by atoms with Gasteiger partial charge in [0.15, 0.2) is 0 Å². The Bertz CT molecular complexity index is 1560. The van der Waals surface area contributed by atoms with Crippen LogP contribution in [0.25, 0.3) is 23.4 Å². The van der Waals surface area contributed by atoms with Crippen LogP contribution in [0, 0.1) is 5.41 Å². The predicted molar refractivity (Wildman–Crippen MR) is 179 cm³/mol. The van der Waals surface area contributed by atoms with E-state index in [-0.39, 0.29) is 17.1 Å². The number of hydrogen-bond acceptors (Lipinski definition) is 6. The number of aryl methyl sites for hydroxylation is 1. The molecule has 1 fully saturated rings. The average molecular weight is 614 g/mol. The third kappa shape index (κ3) is 8.37. The highest BCUT2D eigenvalue weighted by Gasteiger charge is 2.44. The Labute approximate surface area is 262 Å². The molecule has 0 unspecified atom stereocenters. The molecule has 4 aromatic rings. The first-order chi connectivity index (χ1) is 20.6. The van der Waals surface area contributed by atoms with Crippen molar-refractivity contribution in [2.24, 2.45) is 5.41 Å². The van der Waals surface area contributed by atoms with Gasteiger partial charge in [0.1, 0.15) is 10.8 Å². The number of benzene rings is 3. The summed E-state index contributed by atoms with van der Waals surface area (Å²) in [4.78, 5) is 16.3. The molecule has 224 valence electrons. The third-order valence-electron chi connectivity index (χ3n) is 8.03. The van der Waals surface area contributed by atoms with Crippen LogP contribution in [0.5, 0.6) is 5.75 Å². The molecule has 1 aliphatic rings. The first-order valence-corrected chi connectivity index (χ1v) is 16.6. The number of thioether (sulfide) groups is 1. The molecule has 0 saturated heterocycles. The molecule has 1 aromatic heterocycles. The van der Waals surface area contributed by atoms with E-state index in [0.717, 1.165) is 70.1 Å². The summed E-state index contributed by atoms with van der Waals surface area (Å²) in [7, 11) is 1.66. The van der Waals surface area contributed by atoms with Gasteiger partial charge in [-0.1, -0.05) is 54.6 Å². The van der Waals surface area contributed by atoms with Crippen LogP contribution >= 0.6 is 23.1 Å². The minimum atomic E-state index is -0.910. The Kier molecular flexibility index (Phi) is 9.75. The van der Waals surface area contributed by atoms with Crippen LogP contribution in [-0.2, 0) is 16.8 Å². The van der Waals surface area contributed by atoms with Gasteiger partial charge in [-0.05, 0) is 97.5 Å². The standard InChI is InChI=1S/C36H39NO4S2/c1-35(2,40)30-10-5-4-8-26(30)14-17-32(43-24-36(19-20-36)22-34(38)39)28-9-6-7-25(21-28)11-18-33-37-31(23-42-33)27-12-15-29(41-3)16-13-27/h4-13,15-16,18,21,23,32,40H,14,17,19-20,22,24H2,1-3H3,(H,38,39)/b18-11+/t32-/m1/s1. The van der Waals surface area contributed by atoms with E-state index in [1.165, 1.54) is 5.56 Å². The van der Waals surface area contributed by atoms with Gasteiger partial charge >= 0.3 is 5.97 Å². The van der Waals surface area contributed by atoms with Crippen LogP contribution in [-0.4, -0.2) is 34.0 Å². The summed E-state index contributed by atoms with van der Waals surface area (Å²) in [5.74, 6) is 0.953. The van der Waals surface area contributed by atoms with E-state index in [1.807, 2.05) is 68.1 Å². The summed E-state index contributed by atoms with van der Waals surface area (Å²) < 4.78 is 5.27. The van der Waals surface area contributed by atoms with E-state index in [0.29, 0.717) is 0 Å². The van der Waals surface area contributed by atoms with Gasteiger partial charge in [-0.2, -0.15) is 11.8 Å². The predicted octanol–water partition coefficient (Wildman–Crippen LogP) is 8.88. The fraction of sp³-hybridized carbons (Fsp3) is 0.333. The largest absolute Gasteiger partial charge is 0.497 e. The molecule has 1 saturated carbocycles. The molecular weight excluding hydrogens is 575 g/mol. The molecule has 3 aromatic carbocycles. The lowest BCUT2D eigenvalue weighted by molar-refractivity contribution is -0.138. The first-order valence-electron chi connectivity index (χ1n) is 14.7. The number of nitrogens with zero attached hydrogens (tertiary/aromatic N) is 1. The first kappa shape index (κ1) is 31.0. The van der Waals surface area contributed by atoms with E-state index in [1.54, 1.807) is 18.4 Å². The van der Waals surface area contributed by atoms with Gasteiger partial charge in [0, 0.05) is 21.9 Å². The summed E-state index contributed by atoms with van der Waals surface area (Å²) in [6.45, 7) is 3.66. The second-order valence-electron chi connectivity index (χ2n) is 11.9. The Morgan fingerprint density at radius 1 is 1.09 bits per heavy atom. The summed E-state index contributed by atoms with van der Waals surface area (Å²) in [6, 6.07) is 24.7. The number of carbonyl (C=O) groups is 1. The van der Waals surface area contributed by atoms with Gasteiger partial charge in [-0.3, -0.25) is 4.79 Å². The molecule has 0 spiro atoms. The van der Waals surface area contributed by atoms with E-state index in [4.69, 9.17) is 9.72 Å². The molecule has 0 radical (unpaired) electrons. The number of carboxylic acid groups (broad SMARTS) is 1. The lowest BCUT2D eigenvalue weighted by Crippen LogP contribution is -2.18. The number of hydrogen-bond donors (Lipinski definition) is 2. The molecule has 1 atom stereocenters. The third-order valence-corrected chi connectivity index (χ3v) is 10.5. The molecule has 43 heavy (non-hydrogen) atoms. The number of rotatable bonds is 14. The molecular formula is C36H39NO4S2. The Morgan fingerprint density at radius 2 is 1.86 bits per heavy atom. The van der Waals surface area contributed by atoms with E-state index < -0.39 is 11.6 Å². The van der Waals surface area contributed by atoms with Crippen LogP contribution in [0.4, 0.5) is 0 Å². The fourth-order valence-corrected chi connectivity index (χ4v) is 7.69. The fourth-order valence-electron chi connectivity index (χ4n) is 5.40. The summed E-state index contributed by atoms with van der Waals surface area (Å²) in [5, 5.41) is 23.4. The zero-order chi connectivity index (χ0) is 30.5. The molecule has 2 N–H and O–H groups in total. The quantitative estimate of drug-likeness (QED) is 0.148. The SMILES string of the molecule is COc1ccc(-c2csc(/C=C/c3cccc([C@@H](CCc4ccccc4C(C)(C)O)SCC4(CC(=O)O)CC4)c3)n2)cc1. The summed E-state index contributed by atoms with van der Waals surface area (Å²) >= 11 is 3.49. The number of aliphatic carboxylic acids is 1. The van der Waals surface area contributed by atoms with Gasteiger partial charge in [-0.25, -0.2) is 4.98 Å². The van der Waals surface area contributed by atoms with E-state index in [9.17, 15) is 15.0 Å². The van der Waals surface area contributed by atoms with Crippen molar-refractivity contribution in [3.63, 3.8) is 0 Å². The maximum Gasteiger partial charge on any atom is 0.303 e. The molecule has 5 rings (SSSR count). The maximum atomic E-state index is 11.5. The van der Waals surface area contributed by atoms with Crippen molar-refractivity contribution in [3.8, 4) is 17.0 Å². The van der Waals surface area contributed by atoms with Gasteiger partial charge in [-0.15, -0.1) is 11.3 Å². The zero-order valence-corrected chi connectivity index (χ0v) is 26.6. The number of aromatic nitrogens is 1. The van der Waals surface area contributed by atoms with Crippen LogP contribution in [0.2, 0.25) is 0 Å². The smallest absolute Gasteiger partial charge is 0.303 e. The molecule has 1 heterocycles. The Balaban J connectivity index is 1.33. The topological polar surface area (TPSA) is 79.7 Å². The summed E-state index contributed by atoms with van der Waals surface area (Å²) in [5.41, 5.74) is 5.46. The zero-order valence-electron chi connectivity index (χ0n) is 25.0. The molecule has 0 amide bonds. The molecule has 7 heteroatoms. The maximum absolute atomic E-state index is 11.5. The normalized spacial score (nSPS) is 15.0. The number of aliphatic hydroxyl groups is 1. The second-order valence-corrected chi connectivity index (χ2v) is 14.0. The van der Waals surface area contributed by atoms with E-state index in [2.05, 4.69) is 47.9 Å². The van der Waals surface area contributed by atoms with Gasteiger partial charge < -0.3 is 14.9 Å². The van der Waals surface area contributed by atoms with Crippen molar-refractivity contribution in [3.05, 3.63) is 105 Å². The van der Waals surface area contributed by atoms with Crippen molar-refractivity contribution >= 4 is 41.2 Å². The number of carboxylic acids is 1. The van der Waals surface area contributed by atoms with Gasteiger partial charge in [0.25, 0.3) is 0 Å². The van der Waals surface area contributed by atoms with Crippen molar-refractivity contribution in [1.29, 1.82) is 0 Å². The monoisotopic (exact) mass is 613 g/mol. The van der Waals surface area contributed by atoms with Crippen molar-refractivity contribution in [2.75, 3.05) is 12.9 Å². The van der Waals surface area contributed by atoms with Crippen LogP contribution in [0.3, 0.4) is 0 Å². The number of ether oxygens (including phenoxy) is 1. The van der Waals surface area contributed by atoms with Crippen LogP contribution in [0.15, 0.2) is 78.2 Å². The van der Waals surface area contributed by atoms with Crippen molar-refractivity contribution < 1.29 is 19.7 Å². The lowest BCUT2D eigenvalue weighted by Gasteiger charge is -2.24. The van der Waals surface area contributed by atoms with E-state index >= 15 is 0 Å². The van der Waals surface area contributed by atoms with Crippen molar-refractivity contribution in [2.45, 2.75) is 56.8 Å². The number of methoxy groups -OCH3 is 1. The Hall–Kier alpha value is -3.39.